The topological polar surface area (TPSA) is 93.6 Å². The summed E-state index contributed by atoms with van der Waals surface area (Å²) in [5, 5.41) is 11.7. The SMILES string of the molecule is Cc1nocc1-c1[nH]nc2ncc(N)cc12. The van der Waals surface area contributed by atoms with Crippen molar-refractivity contribution in [2.75, 3.05) is 5.73 Å². The molecule has 3 rings (SSSR count). The first-order chi connectivity index (χ1) is 7.75. The number of hydrogen-bond donors (Lipinski definition) is 2. The zero-order valence-corrected chi connectivity index (χ0v) is 8.56. The molecule has 3 N–H and O–H groups in total. The number of aryl methyl sites for hydroxylation is 1. The molecule has 0 aliphatic heterocycles. The molecule has 0 radical (unpaired) electrons. The molecule has 3 aromatic rings. The van der Waals surface area contributed by atoms with Crippen molar-refractivity contribution in [3.63, 3.8) is 0 Å². The van der Waals surface area contributed by atoms with Crippen molar-refractivity contribution in [2.45, 2.75) is 6.92 Å². The first-order valence-electron chi connectivity index (χ1n) is 4.76. The van der Waals surface area contributed by atoms with Crippen LogP contribution in [0, 0.1) is 6.92 Å². The summed E-state index contributed by atoms with van der Waals surface area (Å²) in [6.07, 6.45) is 3.15. The van der Waals surface area contributed by atoms with Crippen LogP contribution in [0.15, 0.2) is 23.0 Å². The third-order valence-electron chi connectivity index (χ3n) is 2.45. The van der Waals surface area contributed by atoms with Gasteiger partial charge in [0.25, 0.3) is 0 Å². The lowest BCUT2D eigenvalue weighted by Crippen LogP contribution is -1.86. The zero-order valence-electron chi connectivity index (χ0n) is 8.56. The molecule has 0 saturated carbocycles. The summed E-state index contributed by atoms with van der Waals surface area (Å²) in [6.45, 7) is 1.87. The lowest BCUT2D eigenvalue weighted by molar-refractivity contribution is 0.415. The molecule has 16 heavy (non-hydrogen) atoms. The van der Waals surface area contributed by atoms with E-state index >= 15 is 0 Å². The van der Waals surface area contributed by atoms with E-state index in [1.54, 1.807) is 12.5 Å². The van der Waals surface area contributed by atoms with Crippen molar-refractivity contribution in [2.24, 2.45) is 0 Å². The van der Waals surface area contributed by atoms with Crippen LogP contribution in [-0.4, -0.2) is 20.3 Å². The van der Waals surface area contributed by atoms with E-state index in [1.165, 1.54) is 0 Å². The summed E-state index contributed by atoms with van der Waals surface area (Å²) >= 11 is 0. The van der Waals surface area contributed by atoms with Crippen LogP contribution >= 0.6 is 0 Å². The average molecular weight is 215 g/mol. The second kappa shape index (κ2) is 3.06. The van der Waals surface area contributed by atoms with Gasteiger partial charge in [0.2, 0.25) is 0 Å². The number of nitrogens with two attached hydrogens (primary N) is 1. The number of aromatic amines is 1. The van der Waals surface area contributed by atoms with E-state index in [9.17, 15) is 0 Å². The van der Waals surface area contributed by atoms with Crippen LogP contribution in [0.5, 0.6) is 0 Å². The molecule has 0 aromatic carbocycles. The van der Waals surface area contributed by atoms with Gasteiger partial charge in [-0.2, -0.15) is 5.10 Å². The number of aromatic nitrogens is 4. The molecule has 0 atom stereocenters. The van der Waals surface area contributed by atoms with Gasteiger partial charge in [0.05, 0.1) is 28.8 Å². The number of nitrogen functional groups attached to an aromatic ring is 1. The number of hydrogen-bond acceptors (Lipinski definition) is 5. The molecule has 6 heteroatoms. The highest BCUT2D eigenvalue weighted by molar-refractivity contribution is 5.92. The molecule has 0 aliphatic rings. The normalized spacial score (nSPS) is 11.1. The van der Waals surface area contributed by atoms with Gasteiger partial charge in [0.15, 0.2) is 5.65 Å². The Morgan fingerprint density at radius 3 is 3.06 bits per heavy atom. The predicted octanol–water partition coefficient (Wildman–Crippen LogP) is 1.50. The lowest BCUT2D eigenvalue weighted by Gasteiger charge is -1.95. The van der Waals surface area contributed by atoms with E-state index in [-0.39, 0.29) is 0 Å². The van der Waals surface area contributed by atoms with Gasteiger partial charge in [-0.3, -0.25) is 5.10 Å². The highest BCUT2D eigenvalue weighted by atomic mass is 16.5. The highest BCUT2D eigenvalue weighted by Gasteiger charge is 2.13. The maximum atomic E-state index is 5.70. The van der Waals surface area contributed by atoms with E-state index in [0.29, 0.717) is 11.3 Å². The van der Waals surface area contributed by atoms with Crippen LogP contribution in [0.1, 0.15) is 5.69 Å². The van der Waals surface area contributed by atoms with Crippen molar-refractivity contribution < 1.29 is 4.52 Å². The smallest absolute Gasteiger partial charge is 0.181 e. The van der Waals surface area contributed by atoms with Gasteiger partial charge >= 0.3 is 0 Å². The second-order valence-corrected chi connectivity index (χ2v) is 3.55. The van der Waals surface area contributed by atoms with Crippen LogP contribution in [0.3, 0.4) is 0 Å². The molecule has 6 nitrogen and oxygen atoms in total. The van der Waals surface area contributed by atoms with Crippen LogP contribution in [0.4, 0.5) is 5.69 Å². The average Bonchev–Trinajstić information content (AvgIpc) is 2.83. The Bertz CT molecular complexity index is 654. The summed E-state index contributed by atoms with van der Waals surface area (Å²) in [5.74, 6) is 0. The number of pyridine rings is 1. The van der Waals surface area contributed by atoms with Crippen molar-refractivity contribution in [1.82, 2.24) is 20.3 Å². The van der Waals surface area contributed by atoms with E-state index in [4.69, 9.17) is 10.3 Å². The Balaban J connectivity index is 2.32. The summed E-state index contributed by atoms with van der Waals surface area (Å²) < 4.78 is 4.90. The minimum atomic E-state index is 0.601. The molecule has 0 bridgehead atoms. The standard InChI is InChI=1S/C10H9N5O/c1-5-8(4-16-15-5)9-7-2-6(11)3-12-10(7)14-13-9/h2-4H,11H2,1H3,(H,12,13,14). The molecule has 0 fully saturated rings. The Kier molecular flexibility index (Phi) is 1.70. The summed E-state index contributed by atoms with van der Waals surface area (Å²) in [4.78, 5) is 4.12. The van der Waals surface area contributed by atoms with Crippen molar-refractivity contribution in [3.8, 4) is 11.3 Å². The molecule has 3 aromatic heterocycles. The van der Waals surface area contributed by atoms with Crippen LogP contribution in [0.2, 0.25) is 0 Å². The Labute approximate surface area is 90.5 Å². The Hall–Kier alpha value is -2.37. The fourth-order valence-corrected chi connectivity index (χ4v) is 1.65. The summed E-state index contributed by atoms with van der Waals surface area (Å²) in [5.41, 5.74) is 9.43. The highest BCUT2D eigenvalue weighted by Crippen LogP contribution is 2.28. The van der Waals surface area contributed by atoms with Gasteiger partial charge in [-0.05, 0) is 13.0 Å². The molecule has 0 saturated heterocycles. The van der Waals surface area contributed by atoms with Crippen molar-refractivity contribution >= 4 is 16.7 Å². The number of nitrogens with zero attached hydrogens (tertiary/aromatic N) is 3. The maximum Gasteiger partial charge on any atom is 0.181 e. The third-order valence-corrected chi connectivity index (χ3v) is 2.45. The quantitative estimate of drug-likeness (QED) is 0.641. The molecule has 0 unspecified atom stereocenters. The van der Waals surface area contributed by atoms with Crippen LogP contribution < -0.4 is 5.73 Å². The van der Waals surface area contributed by atoms with Gasteiger partial charge in [-0.15, -0.1) is 0 Å². The van der Waals surface area contributed by atoms with E-state index in [1.807, 2.05) is 13.0 Å². The van der Waals surface area contributed by atoms with Crippen molar-refractivity contribution in [1.29, 1.82) is 0 Å². The largest absolute Gasteiger partial charge is 0.397 e. The number of fused-ring (bicyclic) bond motifs is 1. The van der Waals surface area contributed by atoms with E-state index in [2.05, 4.69) is 20.3 Å². The summed E-state index contributed by atoms with van der Waals surface area (Å²) in [7, 11) is 0. The molecule has 0 aliphatic carbocycles. The monoisotopic (exact) mass is 215 g/mol. The third kappa shape index (κ3) is 1.16. The number of anilines is 1. The fraction of sp³-hybridized carbons (Fsp3) is 0.100. The molecule has 0 spiro atoms. The van der Waals surface area contributed by atoms with Gasteiger partial charge in [-0.25, -0.2) is 4.98 Å². The minimum Gasteiger partial charge on any atom is -0.397 e. The van der Waals surface area contributed by atoms with Gasteiger partial charge in [0, 0.05) is 5.39 Å². The number of H-pyrrole nitrogens is 1. The minimum absolute atomic E-state index is 0.601. The lowest BCUT2D eigenvalue weighted by atomic mass is 10.1. The summed E-state index contributed by atoms with van der Waals surface area (Å²) in [6, 6.07) is 1.83. The molecule has 3 heterocycles. The Morgan fingerprint density at radius 1 is 1.44 bits per heavy atom. The number of nitrogens with one attached hydrogen (secondary N) is 1. The number of rotatable bonds is 1. The van der Waals surface area contributed by atoms with Crippen molar-refractivity contribution in [3.05, 3.63) is 24.2 Å². The van der Waals surface area contributed by atoms with Gasteiger partial charge in [0.1, 0.15) is 6.26 Å². The van der Waals surface area contributed by atoms with Crippen LogP contribution in [0.25, 0.3) is 22.3 Å². The zero-order chi connectivity index (χ0) is 11.1. The predicted molar refractivity (Wildman–Crippen MR) is 58.5 cm³/mol. The van der Waals surface area contributed by atoms with Gasteiger partial charge < -0.3 is 10.3 Å². The fourth-order valence-electron chi connectivity index (χ4n) is 1.65. The Morgan fingerprint density at radius 2 is 2.31 bits per heavy atom. The molecular weight excluding hydrogens is 206 g/mol. The molecule has 80 valence electrons. The van der Waals surface area contributed by atoms with E-state index < -0.39 is 0 Å². The first kappa shape index (κ1) is 8.90. The first-order valence-corrected chi connectivity index (χ1v) is 4.76. The van der Waals surface area contributed by atoms with Gasteiger partial charge in [-0.1, -0.05) is 5.16 Å². The second-order valence-electron chi connectivity index (χ2n) is 3.55. The molecule has 0 amide bonds. The van der Waals surface area contributed by atoms with E-state index in [0.717, 1.165) is 22.3 Å². The molecular formula is C10H9N5O. The maximum absolute atomic E-state index is 5.70. The van der Waals surface area contributed by atoms with Crippen LogP contribution in [-0.2, 0) is 0 Å².